The summed E-state index contributed by atoms with van der Waals surface area (Å²) in [6.45, 7) is 16.4. The second kappa shape index (κ2) is 5.14. The van der Waals surface area contributed by atoms with E-state index in [0.29, 0.717) is 6.61 Å². The van der Waals surface area contributed by atoms with E-state index in [2.05, 4.69) is 56.3 Å². The summed E-state index contributed by atoms with van der Waals surface area (Å²) in [7, 11) is -4.41. The van der Waals surface area contributed by atoms with E-state index in [9.17, 15) is 4.57 Å². The molecule has 0 spiro atoms. The summed E-state index contributed by atoms with van der Waals surface area (Å²) < 4.78 is 23.2. The fourth-order valence-electron chi connectivity index (χ4n) is 2.53. The lowest BCUT2D eigenvalue weighted by atomic mass is 10.3. The highest BCUT2D eigenvalue weighted by atomic mass is 31.2. The Hall–Kier alpha value is 0.327. The number of hydrogen-bond donors (Lipinski definition) is 0. The molecule has 1 aliphatic heterocycles. The lowest BCUT2D eigenvalue weighted by Gasteiger charge is -2.42. The molecule has 17 heavy (non-hydrogen) atoms. The number of nitrogens with zero attached hydrogens (tertiary/aromatic N) is 2. The molecular weight excluding hydrogens is 251 g/mol. The van der Waals surface area contributed by atoms with Gasteiger partial charge in [0.15, 0.2) is 0 Å². The second-order valence-electron chi connectivity index (χ2n) is 6.19. The Morgan fingerprint density at radius 3 is 2.00 bits per heavy atom. The van der Waals surface area contributed by atoms with Crippen LogP contribution in [0.2, 0.25) is 19.6 Å². The van der Waals surface area contributed by atoms with Crippen LogP contribution in [0.5, 0.6) is 0 Å². The number of rotatable bonds is 4. The molecule has 1 rings (SSSR count). The molecule has 6 heteroatoms. The maximum Gasteiger partial charge on any atom is 0.340 e. The van der Waals surface area contributed by atoms with Crippen molar-refractivity contribution in [3.8, 4) is 0 Å². The van der Waals surface area contributed by atoms with Crippen LogP contribution >= 0.6 is 7.67 Å². The highest BCUT2D eigenvalue weighted by molar-refractivity contribution is 7.56. The monoisotopic (exact) mass is 278 g/mol. The van der Waals surface area contributed by atoms with Gasteiger partial charge in [-0.25, -0.2) is 9.01 Å². The highest BCUT2D eigenvalue weighted by Gasteiger charge is 2.49. The van der Waals surface area contributed by atoms with Crippen LogP contribution in [0.4, 0.5) is 0 Å². The van der Waals surface area contributed by atoms with Crippen LogP contribution in [0.3, 0.4) is 0 Å². The number of hydrogen-bond acceptors (Lipinski definition) is 2. The van der Waals surface area contributed by atoms with Gasteiger partial charge >= 0.3 is 7.67 Å². The Morgan fingerprint density at radius 2 is 1.65 bits per heavy atom. The van der Waals surface area contributed by atoms with Crippen molar-refractivity contribution in [2.45, 2.75) is 59.4 Å². The minimum atomic E-state index is -2.80. The minimum absolute atomic E-state index is 0.234. The standard InChI is InChI=1S/C11H27N2O2PSi/c1-10(2)13(11(3)4)16(14)12(8-9-15-16)17(5,6)7/h10-11H,8-9H2,1-7H3. The van der Waals surface area contributed by atoms with Crippen LogP contribution in [-0.4, -0.2) is 42.5 Å². The molecule has 0 aromatic heterocycles. The Kier molecular flexibility index (Phi) is 4.65. The zero-order valence-corrected chi connectivity index (χ0v) is 14.1. The first-order valence-corrected chi connectivity index (χ1v) is 11.4. The minimum Gasteiger partial charge on any atom is -0.305 e. The SMILES string of the molecule is CC(C)N(C(C)C)P1(=O)OCCN1[Si](C)(C)C. The molecule has 0 radical (unpaired) electrons. The zero-order chi connectivity index (χ0) is 13.4. The van der Waals surface area contributed by atoms with E-state index in [0.717, 1.165) is 6.54 Å². The van der Waals surface area contributed by atoms with Gasteiger partial charge in [0.05, 0.1) is 6.61 Å². The fraction of sp³-hybridized carbons (Fsp3) is 1.00. The molecule has 0 saturated carbocycles. The molecule has 0 N–H and O–H groups in total. The molecular formula is C11H27N2O2PSi. The second-order valence-corrected chi connectivity index (χ2v) is 13.6. The van der Waals surface area contributed by atoms with Gasteiger partial charge in [-0.1, -0.05) is 19.6 Å². The summed E-state index contributed by atoms with van der Waals surface area (Å²) >= 11 is 0. The Balaban J connectivity index is 3.11. The first-order chi connectivity index (χ1) is 7.60. The Labute approximate surface area is 107 Å². The topological polar surface area (TPSA) is 32.8 Å². The lowest BCUT2D eigenvalue weighted by Crippen LogP contribution is -2.47. The van der Waals surface area contributed by atoms with Crippen LogP contribution in [0.1, 0.15) is 27.7 Å². The summed E-state index contributed by atoms with van der Waals surface area (Å²) in [5.74, 6) is 0. The lowest BCUT2D eigenvalue weighted by molar-refractivity contribution is 0.232. The Morgan fingerprint density at radius 1 is 1.18 bits per heavy atom. The predicted molar refractivity (Wildman–Crippen MR) is 75.7 cm³/mol. The molecule has 1 saturated heterocycles. The summed E-state index contributed by atoms with van der Waals surface area (Å²) in [5, 5.41) is 0. The molecule has 102 valence electrons. The molecule has 1 heterocycles. The van der Waals surface area contributed by atoms with Gasteiger partial charge in [0.25, 0.3) is 0 Å². The van der Waals surface area contributed by atoms with Gasteiger partial charge < -0.3 is 4.52 Å². The molecule has 4 nitrogen and oxygen atoms in total. The van der Waals surface area contributed by atoms with Gasteiger partial charge in [0.1, 0.15) is 8.24 Å². The molecule has 1 aliphatic rings. The van der Waals surface area contributed by atoms with Crippen molar-refractivity contribution in [1.29, 1.82) is 0 Å². The van der Waals surface area contributed by atoms with Gasteiger partial charge in [-0.3, -0.25) is 4.57 Å². The summed E-state index contributed by atoms with van der Waals surface area (Å²) in [5.41, 5.74) is 0. The zero-order valence-electron chi connectivity index (χ0n) is 12.2. The van der Waals surface area contributed by atoms with E-state index in [1.807, 2.05) is 0 Å². The van der Waals surface area contributed by atoms with Crippen molar-refractivity contribution in [2.24, 2.45) is 0 Å². The van der Waals surface area contributed by atoms with Crippen molar-refractivity contribution >= 4 is 15.9 Å². The quantitative estimate of drug-likeness (QED) is 0.583. The van der Waals surface area contributed by atoms with Crippen LogP contribution in [-0.2, 0) is 9.09 Å². The molecule has 0 bridgehead atoms. The molecule has 1 unspecified atom stereocenters. The molecule has 0 aromatic rings. The first kappa shape index (κ1) is 15.4. The summed E-state index contributed by atoms with van der Waals surface area (Å²) in [6, 6.07) is 0.468. The van der Waals surface area contributed by atoms with Gasteiger partial charge in [0.2, 0.25) is 0 Å². The Bertz CT molecular complexity index is 307. The summed E-state index contributed by atoms with van der Waals surface area (Å²) in [6.07, 6.45) is 0. The molecule has 0 aliphatic carbocycles. The molecule has 1 fully saturated rings. The third-order valence-electron chi connectivity index (χ3n) is 2.99. The van der Waals surface area contributed by atoms with Gasteiger partial charge in [-0.05, 0) is 27.7 Å². The maximum absolute atomic E-state index is 13.2. The first-order valence-electron chi connectivity index (χ1n) is 6.42. The van der Waals surface area contributed by atoms with E-state index in [1.165, 1.54) is 0 Å². The van der Waals surface area contributed by atoms with E-state index < -0.39 is 15.9 Å². The predicted octanol–water partition coefficient (Wildman–Crippen LogP) is 3.38. The van der Waals surface area contributed by atoms with Gasteiger partial charge in [0, 0.05) is 18.6 Å². The highest BCUT2D eigenvalue weighted by Crippen LogP contribution is 2.61. The molecule has 1 atom stereocenters. The normalized spacial score (nSPS) is 27.6. The van der Waals surface area contributed by atoms with Crippen molar-refractivity contribution in [2.75, 3.05) is 13.2 Å². The third-order valence-corrected chi connectivity index (χ3v) is 10.2. The van der Waals surface area contributed by atoms with Crippen LogP contribution in [0, 0.1) is 0 Å². The van der Waals surface area contributed by atoms with Gasteiger partial charge in [-0.15, -0.1) is 0 Å². The average Bonchev–Trinajstić information content (AvgIpc) is 2.44. The van der Waals surface area contributed by atoms with Crippen LogP contribution in [0.25, 0.3) is 0 Å². The van der Waals surface area contributed by atoms with E-state index in [4.69, 9.17) is 4.52 Å². The van der Waals surface area contributed by atoms with E-state index >= 15 is 0 Å². The average molecular weight is 278 g/mol. The smallest absolute Gasteiger partial charge is 0.305 e. The van der Waals surface area contributed by atoms with Crippen molar-refractivity contribution < 1.29 is 9.09 Å². The van der Waals surface area contributed by atoms with Crippen LogP contribution in [0.15, 0.2) is 0 Å². The fourth-order valence-corrected chi connectivity index (χ4v) is 9.15. The van der Waals surface area contributed by atoms with Crippen molar-refractivity contribution in [3.63, 3.8) is 0 Å². The van der Waals surface area contributed by atoms with Crippen molar-refractivity contribution in [1.82, 2.24) is 9.01 Å². The van der Waals surface area contributed by atoms with Crippen LogP contribution < -0.4 is 0 Å². The van der Waals surface area contributed by atoms with Crippen molar-refractivity contribution in [3.05, 3.63) is 0 Å². The largest absolute Gasteiger partial charge is 0.340 e. The molecule has 0 amide bonds. The molecule has 0 aromatic carbocycles. The van der Waals surface area contributed by atoms with E-state index in [1.54, 1.807) is 0 Å². The summed E-state index contributed by atoms with van der Waals surface area (Å²) in [4.78, 5) is 0. The maximum atomic E-state index is 13.2. The van der Waals surface area contributed by atoms with E-state index in [-0.39, 0.29) is 12.1 Å². The third kappa shape index (κ3) is 3.02. The van der Waals surface area contributed by atoms with Gasteiger partial charge in [-0.2, -0.15) is 0 Å².